The first kappa shape index (κ1) is 18.3. The van der Waals surface area contributed by atoms with Gasteiger partial charge in [0.1, 0.15) is 17.0 Å². The molecular weight excluding hydrogens is 370 g/mol. The second kappa shape index (κ2) is 8.27. The Labute approximate surface area is 168 Å². The average Bonchev–Trinajstić information content (AvgIpc) is 3.19. The SMILES string of the molecule is COc1ccc(CCNc2ncnc3scc(-c4ccccc4)c23)cc1OC. The van der Waals surface area contributed by atoms with Crippen LogP contribution in [0.4, 0.5) is 5.82 Å². The Morgan fingerprint density at radius 1 is 0.964 bits per heavy atom. The van der Waals surface area contributed by atoms with Gasteiger partial charge in [0.05, 0.1) is 19.6 Å². The van der Waals surface area contributed by atoms with Crippen LogP contribution in [0.2, 0.25) is 0 Å². The van der Waals surface area contributed by atoms with Crippen molar-refractivity contribution in [3.05, 3.63) is 65.8 Å². The summed E-state index contributed by atoms with van der Waals surface area (Å²) in [7, 11) is 3.30. The van der Waals surface area contributed by atoms with Crippen LogP contribution in [0.25, 0.3) is 21.3 Å². The molecule has 0 radical (unpaired) electrons. The van der Waals surface area contributed by atoms with Crippen LogP contribution in [0, 0.1) is 0 Å². The Balaban J connectivity index is 1.55. The number of methoxy groups -OCH3 is 2. The van der Waals surface area contributed by atoms with E-state index in [1.165, 1.54) is 11.1 Å². The number of fused-ring (bicyclic) bond motifs is 1. The van der Waals surface area contributed by atoms with E-state index >= 15 is 0 Å². The maximum Gasteiger partial charge on any atom is 0.160 e. The molecular formula is C22H21N3O2S. The summed E-state index contributed by atoms with van der Waals surface area (Å²) in [4.78, 5) is 9.92. The number of ether oxygens (including phenoxy) is 2. The Kier molecular flexibility index (Phi) is 5.39. The molecule has 0 unspecified atom stereocenters. The maximum absolute atomic E-state index is 5.39. The number of hydrogen-bond donors (Lipinski definition) is 1. The Morgan fingerprint density at radius 2 is 1.79 bits per heavy atom. The van der Waals surface area contributed by atoms with Crippen molar-refractivity contribution >= 4 is 27.4 Å². The molecule has 0 fully saturated rings. The quantitative estimate of drug-likeness (QED) is 0.479. The molecule has 0 aliphatic rings. The first-order valence-corrected chi connectivity index (χ1v) is 9.90. The summed E-state index contributed by atoms with van der Waals surface area (Å²) in [6.07, 6.45) is 2.46. The minimum absolute atomic E-state index is 0.738. The van der Waals surface area contributed by atoms with E-state index in [2.05, 4.69) is 38.9 Å². The van der Waals surface area contributed by atoms with Crippen molar-refractivity contribution in [3.8, 4) is 22.6 Å². The minimum atomic E-state index is 0.738. The molecule has 1 N–H and O–H groups in total. The van der Waals surface area contributed by atoms with Gasteiger partial charge in [0, 0.05) is 17.5 Å². The van der Waals surface area contributed by atoms with Crippen molar-refractivity contribution in [2.24, 2.45) is 0 Å². The number of nitrogens with zero attached hydrogens (tertiary/aromatic N) is 2. The third-order valence-electron chi connectivity index (χ3n) is 4.61. The lowest BCUT2D eigenvalue weighted by Crippen LogP contribution is -2.07. The summed E-state index contributed by atoms with van der Waals surface area (Å²) in [5.41, 5.74) is 3.50. The van der Waals surface area contributed by atoms with E-state index in [-0.39, 0.29) is 0 Å². The molecule has 5 nitrogen and oxygen atoms in total. The molecule has 0 spiro atoms. The minimum Gasteiger partial charge on any atom is -0.493 e. The number of aromatic nitrogens is 2. The van der Waals surface area contributed by atoms with Crippen molar-refractivity contribution in [1.29, 1.82) is 0 Å². The van der Waals surface area contributed by atoms with Crippen molar-refractivity contribution in [2.45, 2.75) is 6.42 Å². The number of rotatable bonds is 7. The fraction of sp³-hybridized carbons (Fsp3) is 0.182. The monoisotopic (exact) mass is 391 g/mol. The standard InChI is InChI=1S/C22H21N3O2S/c1-26-18-9-8-15(12-19(18)27-2)10-11-23-21-20-17(16-6-4-3-5-7-16)13-28-22(20)25-14-24-21/h3-9,12-14H,10-11H2,1-2H3,(H,23,24,25). The first-order valence-electron chi connectivity index (χ1n) is 9.02. The second-order valence-corrected chi connectivity index (χ2v) is 7.14. The van der Waals surface area contributed by atoms with Crippen LogP contribution in [0.1, 0.15) is 5.56 Å². The van der Waals surface area contributed by atoms with Crippen molar-refractivity contribution < 1.29 is 9.47 Å². The van der Waals surface area contributed by atoms with Crippen LogP contribution in [0.15, 0.2) is 60.2 Å². The zero-order valence-electron chi connectivity index (χ0n) is 15.8. The fourth-order valence-electron chi connectivity index (χ4n) is 3.20. The molecule has 0 saturated carbocycles. The van der Waals surface area contributed by atoms with Crippen LogP contribution >= 0.6 is 11.3 Å². The number of nitrogens with one attached hydrogen (secondary N) is 1. The molecule has 0 atom stereocenters. The highest BCUT2D eigenvalue weighted by molar-refractivity contribution is 7.17. The molecule has 0 amide bonds. The lowest BCUT2D eigenvalue weighted by Gasteiger charge is -2.11. The van der Waals surface area contributed by atoms with Crippen molar-refractivity contribution in [3.63, 3.8) is 0 Å². The molecule has 0 saturated heterocycles. The van der Waals surface area contributed by atoms with Gasteiger partial charge in [-0.1, -0.05) is 36.4 Å². The Hall–Kier alpha value is -3.12. The number of benzene rings is 2. The van der Waals surface area contributed by atoms with Crippen molar-refractivity contribution in [2.75, 3.05) is 26.1 Å². The highest BCUT2D eigenvalue weighted by Gasteiger charge is 2.13. The van der Waals surface area contributed by atoms with Crippen LogP contribution in [-0.4, -0.2) is 30.7 Å². The highest BCUT2D eigenvalue weighted by atomic mass is 32.1. The molecule has 6 heteroatoms. The van der Waals surface area contributed by atoms with E-state index in [0.29, 0.717) is 0 Å². The van der Waals surface area contributed by atoms with Gasteiger partial charge in [-0.3, -0.25) is 0 Å². The third kappa shape index (κ3) is 3.64. The lowest BCUT2D eigenvalue weighted by molar-refractivity contribution is 0.354. The van der Waals surface area contributed by atoms with E-state index in [4.69, 9.17) is 9.47 Å². The van der Waals surface area contributed by atoms with E-state index in [1.807, 2.05) is 30.3 Å². The molecule has 4 rings (SSSR count). The van der Waals surface area contributed by atoms with E-state index in [0.717, 1.165) is 46.1 Å². The number of thiophene rings is 1. The highest BCUT2D eigenvalue weighted by Crippen LogP contribution is 2.36. The van der Waals surface area contributed by atoms with Gasteiger partial charge < -0.3 is 14.8 Å². The molecule has 2 aromatic carbocycles. The molecule has 2 heterocycles. The summed E-state index contributed by atoms with van der Waals surface area (Å²) < 4.78 is 10.7. The number of hydrogen-bond acceptors (Lipinski definition) is 6. The normalized spacial score (nSPS) is 10.8. The van der Waals surface area contributed by atoms with E-state index in [1.54, 1.807) is 31.9 Å². The lowest BCUT2D eigenvalue weighted by atomic mass is 10.1. The summed E-state index contributed by atoms with van der Waals surface area (Å²) in [5.74, 6) is 2.35. The topological polar surface area (TPSA) is 56.3 Å². The smallest absolute Gasteiger partial charge is 0.160 e. The van der Waals surface area contributed by atoms with Gasteiger partial charge in [-0.2, -0.15) is 0 Å². The maximum atomic E-state index is 5.39. The summed E-state index contributed by atoms with van der Waals surface area (Å²) in [6.45, 7) is 0.756. The van der Waals surface area contributed by atoms with E-state index < -0.39 is 0 Å². The molecule has 0 bridgehead atoms. The van der Waals surface area contributed by atoms with E-state index in [9.17, 15) is 0 Å². The van der Waals surface area contributed by atoms with Gasteiger partial charge in [0.25, 0.3) is 0 Å². The first-order chi connectivity index (χ1) is 13.8. The predicted octanol–water partition coefficient (Wildman–Crippen LogP) is 5.03. The largest absolute Gasteiger partial charge is 0.493 e. The third-order valence-corrected chi connectivity index (χ3v) is 5.50. The summed E-state index contributed by atoms with van der Waals surface area (Å²) in [6, 6.07) is 16.3. The van der Waals surface area contributed by atoms with Crippen LogP contribution in [-0.2, 0) is 6.42 Å². The second-order valence-electron chi connectivity index (χ2n) is 6.28. The van der Waals surface area contributed by atoms with Gasteiger partial charge >= 0.3 is 0 Å². The predicted molar refractivity (Wildman–Crippen MR) is 115 cm³/mol. The van der Waals surface area contributed by atoms with Crippen LogP contribution < -0.4 is 14.8 Å². The fourth-order valence-corrected chi connectivity index (χ4v) is 4.12. The van der Waals surface area contributed by atoms with Gasteiger partial charge in [0.15, 0.2) is 11.5 Å². The molecule has 4 aromatic rings. The summed E-state index contributed by atoms with van der Waals surface area (Å²) >= 11 is 1.64. The van der Waals surface area contributed by atoms with Crippen molar-refractivity contribution in [1.82, 2.24) is 9.97 Å². The summed E-state index contributed by atoms with van der Waals surface area (Å²) in [5, 5.41) is 6.70. The molecule has 28 heavy (non-hydrogen) atoms. The van der Waals surface area contributed by atoms with Crippen LogP contribution in [0.5, 0.6) is 11.5 Å². The number of anilines is 1. The molecule has 0 aliphatic carbocycles. The van der Waals surface area contributed by atoms with Gasteiger partial charge in [0.2, 0.25) is 0 Å². The average molecular weight is 391 g/mol. The molecule has 0 aliphatic heterocycles. The van der Waals surface area contributed by atoms with Gasteiger partial charge in [-0.15, -0.1) is 11.3 Å². The Bertz CT molecular complexity index is 1080. The Morgan fingerprint density at radius 3 is 2.57 bits per heavy atom. The zero-order chi connectivity index (χ0) is 19.3. The zero-order valence-corrected chi connectivity index (χ0v) is 16.6. The molecule has 142 valence electrons. The van der Waals surface area contributed by atoms with Gasteiger partial charge in [-0.05, 0) is 29.7 Å². The molecule has 2 aromatic heterocycles. The van der Waals surface area contributed by atoms with Gasteiger partial charge in [-0.25, -0.2) is 9.97 Å². The van der Waals surface area contributed by atoms with Crippen LogP contribution in [0.3, 0.4) is 0 Å².